The molecule has 3 aromatic rings. The molecule has 0 aliphatic carbocycles. The van der Waals surface area contributed by atoms with E-state index in [1.165, 1.54) is 10.9 Å². The van der Waals surface area contributed by atoms with Gasteiger partial charge in [0, 0.05) is 12.4 Å². The molecule has 1 heterocycles. The molecule has 0 aliphatic rings. The molecule has 3 nitrogen and oxygen atoms in total. The zero-order valence-corrected chi connectivity index (χ0v) is 11.0. The van der Waals surface area contributed by atoms with E-state index in [1.54, 1.807) is 12.4 Å². The summed E-state index contributed by atoms with van der Waals surface area (Å²) in [4.78, 5) is 8.49. The van der Waals surface area contributed by atoms with Crippen LogP contribution in [0.2, 0.25) is 0 Å². The summed E-state index contributed by atoms with van der Waals surface area (Å²) in [7, 11) is 0. The summed E-state index contributed by atoms with van der Waals surface area (Å²) in [6, 6.07) is 22.4. The van der Waals surface area contributed by atoms with E-state index in [4.69, 9.17) is 0 Å². The van der Waals surface area contributed by atoms with Gasteiger partial charge in [0.1, 0.15) is 0 Å². The van der Waals surface area contributed by atoms with Gasteiger partial charge in [0.15, 0.2) is 0 Å². The Morgan fingerprint density at radius 3 is 1.65 bits per heavy atom. The van der Waals surface area contributed by atoms with E-state index in [0.717, 1.165) is 0 Å². The van der Waals surface area contributed by atoms with E-state index in [0.29, 0.717) is 5.95 Å². The topological polar surface area (TPSA) is 37.8 Å². The molecule has 0 saturated carbocycles. The predicted octanol–water partition coefficient (Wildman–Crippen LogP) is 1.69. The normalized spacial score (nSPS) is 10.0. The van der Waals surface area contributed by atoms with Gasteiger partial charge in [-0.15, -0.1) is 0 Å². The third kappa shape index (κ3) is 2.86. The Bertz CT molecular complexity index is 605. The summed E-state index contributed by atoms with van der Waals surface area (Å²) < 4.78 is 0. The van der Waals surface area contributed by atoms with Crippen LogP contribution >= 0.6 is 0 Å². The van der Waals surface area contributed by atoms with Gasteiger partial charge in [-0.25, -0.2) is 9.97 Å². The fourth-order valence-electron chi connectivity index (χ4n) is 2.15. The lowest BCUT2D eigenvalue weighted by atomic mass is 9.51. The van der Waals surface area contributed by atoms with Crippen molar-refractivity contribution in [3.05, 3.63) is 79.1 Å². The Kier molecular flexibility index (Phi) is 3.74. The molecule has 2 aromatic carbocycles. The van der Waals surface area contributed by atoms with Crippen molar-refractivity contribution in [2.45, 2.75) is 0 Å². The largest absolute Gasteiger partial charge is 0.389 e. The Morgan fingerprint density at radius 2 is 1.15 bits per heavy atom. The first-order valence-electron chi connectivity index (χ1n) is 6.57. The highest BCUT2D eigenvalue weighted by atomic mass is 15.1. The minimum Gasteiger partial charge on any atom is -0.389 e. The molecule has 1 aromatic heterocycles. The monoisotopic (exact) mass is 259 g/mol. The molecule has 0 bridgehead atoms. The predicted molar refractivity (Wildman–Crippen MR) is 83.6 cm³/mol. The van der Waals surface area contributed by atoms with Crippen LogP contribution in [0.3, 0.4) is 0 Å². The van der Waals surface area contributed by atoms with E-state index in [9.17, 15) is 0 Å². The second kappa shape index (κ2) is 6.02. The second-order valence-electron chi connectivity index (χ2n) is 4.47. The second-order valence-corrected chi connectivity index (χ2v) is 4.47. The summed E-state index contributed by atoms with van der Waals surface area (Å²) in [5.74, 6) is 0.630. The van der Waals surface area contributed by atoms with Gasteiger partial charge >= 0.3 is 6.85 Å². The third-order valence-electron chi connectivity index (χ3n) is 3.11. The summed E-state index contributed by atoms with van der Waals surface area (Å²) in [5.41, 5.74) is 2.37. The lowest BCUT2D eigenvalue weighted by Crippen LogP contribution is -2.49. The SMILES string of the molecule is c1ccc(B(Nc2ncccn2)c2ccccc2)cc1. The fourth-order valence-corrected chi connectivity index (χ4v) is 2.15. The maximum atomic E-state index is 4.25. The molecule has 0 fully saturated rings. The minimum absolute atomic E-state index is 0.0415. The Labute approximate surface area is 118 Å². The summed E-state index contributed by atoms with van der Waals surface area (Å²) in [6.07, 6.45) is 3.48. The molecule has 1 N–H and O–H groups in total. The molecule has 0 radical (unpaired) electrons. The standard InChI is InChI=1S/C16H14BN3/c1-3-8-14(9-4-1)17(15-10-5-2-6-11-15)20-16-18-12-7-13-19-16/h1-13H,(H,18,19,20). The molecule has 4 heteroatoms. The number of nitrogens with one attached hydrogen (secondary N) is 1. The molecule has 0 atom stereocenters. The molecule has 3 rings (SSSR count). The van der Waals surface area contributed by atoms with Crippen LogP contribution in [0, 0.1) is 0 Å². The highest BCUT2D eigenvalue weighted by Crippen LogP contribution is 1.98. The van der Waals surface area contributed by atoms with E-state index >= 15 is 0 Å². The van der Waals surface area contributed by atoms with Gasteiger partial charge in [-0.05, 0) is 6.07 Å². The van der Waals surface area contributed by atoms with Crippen molar-refractivity contribution in [1.29, 1.82) is 0 Å². The van der Waals surface area contributed by atoms with Crippen molar-refractivity contribution in [1.82, 2.24) is 9.97 Å². The smallest absolute Gasteiger partial charge is 0.323 e. The maximum Gasteiger partial charge on any atom is 0.323 e. The Morgan fingerprint density at radius 1 is 0.650 bits per heavy atom. The van der Waals surface area contributed by atoms with Crippen LogP contribution in [0.1, 0.15) is 0 Å². The first kappa shape index (κ1) is 12.4. The highest BCUT2D eigenvalue weighted by Gasteiger charge is 2.20. The third-order valence-corrected chi connectivity index (χ3v) is 3.11. The summed E-state index contributed by atoms with van der Waals surface area (Å²) in [5, 5.41) is 3.39. The number of hydrogen-bond donors (Lipinski definition) is 1. The number of benzene rings is 2. The number of anilines is 1. The first-order valence-corrected chi connectivity index (χ1v) is 6.57. The van der Waals surface area contributed by atoms with Crippen LogP contribution in [-0.4, -0.2) is 16.8 Å². The van der Waals surface area contributed by atoms with Crippen molar-refractivity contribution < 1.29 is 0 Å². The van der Waals surface area contributed by atoms with Gasteiger partial charge in [0.25, 0.3) is 0 Å². The molecule has 96 valence electrons. The number of rotatable bonds is 4. The Hall–Kier alpha value is -2.62. The number of hydrogen-bond acceptors (Lipinski definition) is 3. The average molecular weight is 259 g/mol. The highest BCUT2D eigenvalue weighted by molar-refractivity contribution is 6.87. The summed E-state index contributed by atoms with van der Waals surface area (Å²) >= 11 is 0. The van der Waals surface area contributed by atoms with E-state index in [2.05, 4.69) is 39.5 Å². The molecular weight excluding hydrogens is 245 g/mol. The quantitative estimate of drug-likeness (QED) is 0.724. The molecular formula is C16H14BN3. The first-order chi connectivity index (χ1) is 9.93. The van der Waals surface area contributed by atoms with Crippen LogP contribution < -0.4 is 16.2 Å². The van der Waals surface area contributed by atoms with Gasteiger partial charge < -0.3 is 5.23 Å². The summed E-state index contributed by atoms with van der Waals surface area (Å²) in [6.45, 7) is 0.0415. The van der Waals surface area contributed by atoms with Crippen LogP contribution in [0.25, 0.3) is 0 Å². The molecule has 0 saturated heterocycles. The van der Waals surface area contributed by atoms with Crippen LogP contribution in [0.4, 0.5) is 5.95 Å². The van der Waals surface area contributed by atoms with Crippen molar-refractivity contribution in [2.24, 2.45) is 0 Å². The minimum atomic E-state index is 0.0415. The molecule has 0 spiro atoms. The lowest BCUT2D eigenvalue weighted by molar-refractivity contribution is 1.18. The van der Waals surface area contributed by atoms with Gasteiger partial charge in [-0.1, -0.05) is 71.6 Å². The van der Waals surface area contributed by atoms with Crippen molar-refractivity contribution >= 4 is 23.7 Å². The Balaban J connectivity index is 1.96. The zero-order valence-electron chi connectivity index (χ0n) is 11.0. The maximum absolute atomic E-state index is 4.25. The molecule has 0 amide bonds. The van der Waals surface area contributed by atoms with E-state index < -0.39 is 0 Å². The van der Waals surface area contributed by atoms with Crippen LogP contribution in [0.15, 0.2) is 79.1 Å². The average Bonchev–Trinajstić information content (AvgIpc) is 2.55. The van der Waals surface area contributed by atoms with Gasteiger partial charge in [0.2, 0.25) is 5.95 Å². The van der Waals surface area contributed by atoms with Crippen LogP contribution in [0.5, 0.6) is 0 Å². The van der Waals surface area contributed by atoms with Gasteiger partial charge in [0.05, 0.1) is 0 Å². The van der Waals surface area contributed by atoms with Crippen molar-refractivity contribution in [3.63, 3.8) is 0 Å². The van der Waals surface area contributed by atoms with Gasteiger partial charge in [-0.2, -0.15) is 0 Å². The van der Waals surface area contributed by atoms with E-state index in [1.807, 2.05) is 42.5 Å². The van der Waals surface area contributed by atoms with E-state index in [-0.39, 0.29) is 6.85 Å². The van der Waals surface area contributed by atoms with Crippen molar-refractivity contribution in [3.8, 4) is 0 Å². The van der Waals surface area contributed by atoms with Crippen molar-refractivity contribution in [2.75, 3.05) is 5.23 Å². The zero-order chi connectivity index (χ0) is 13.6. The molecule has 0 unspecified atom stereocenters. The number of aromatic nitrogens is 2. The molecule has 20 heavy (non-hydrogen) atoms. The molecule has 0 aliphatic heterocycles. The fraction of sp³-hybridized carbons (Fsp3) is 0. The number of nitrogens with zero attached hydrogens (tertiary/aromatic N) is 2. The lowest BCUT2D eigenvalue weighted by Gasteiger charge is -2.15. The van der Waals surface area contributed by atoms with Gasteiger partial charge in [-0.3, -0.25) is 0 Å². The van der Waals surface area contributed by atoms with Crippen LogP contribution in [-0.2, 0) is 0 Å².